The molecule has 2 aromatic rings. The molecule has 0 heterocycles. The number of anilines is 1. The fourth-order valence-corrected chi connectivity index (χ4v) is 1.81. The maximum absolute atomic E-state index is 13.4. The van der Waals surface area contributed by atoms with Crippen molar-refractivity contribution in [3.63, 3.8) is 0 Å². The van der Waals surface area contributed by atoms with Crippen LogP contribution in [0.5, 0.6) is 0 Å². The molecule has 0 saturated heterocycles. The third kappa shape index (κ3) is 3.20. The molecule has 0 aliphatic carbocycles. The van der Waals surface area contributed by atoms with E-state index in [1.54, 1.807) is 18.2 Å². The number of nitrogens with one attached hydrogen (secondary N) is 1. The van der Waals surface area contributed by atoms with Crippen LogP contribution in [0.15, 0.2) is 42.5 Å². The maximum atomic E-state index is 13.4. The summed E-state index contributed by atoms with van der Waals surface area (Å²) in [6.07, 6.45) is 0. The number of rotatable bonds is 4. The van der Waals surface area contributed by atoms with E-state index in [0.29, 0.717) is 17.1 Å². The molecule has 4 nitrogen and oxygen atoms in total. The standard InChI is InChI=1S/C13H10ClFN2O2/c14-10-3-1-2-4-12(10)16-8-9-5-6-13(17(18)19)11(15)7-9/h1-7,16H,8H2. The van der Waals surface area contributed by atoms with Crippen molar-refractivity contribution in [3.05, 3.63) is 69.0 Å². The number of nitro groups is 1. The van der Waals surface area contributed by atoms with E-state index in [0.717, 1.165) is 17.8 Å². The van der Waals surface area contributed by atoms with Crippen molar-refractivity contribution < 1.29 is 9.31 Å². The van der Waals surface area contributed by atoms with Crippen LogP contribution >= 0.6 is 11.6 Å². The monoisotopic (exact) mass is 280 g/mol. The van der Waals surface area contributed by atoms with Gasteiger partial charge in [-0.2, -0.15) is 4.39 Å². The number of hydrogen-bond acceptors (Lipinski definition) is 3. The highest BCUT2D eigenvalue weighted by Gasteiger charge is 2.13. The van der Waals surface area contributed by atoms with Crippen molar-refractivity contribution in [1.82, 2.24) is 0 Å². The largest absolute Gasteiger partial charge is 0.380 e. The molecule has 0 atom stereocenters. The van der Waals surface area contributed by atoms with Crippen molar-refractivity contribution in [2.45, 2.75) is 6.54 Å². The molecule has 0 spiro atoms. The summed E-state index contributed by atoms with van der Waals surface area (Å²) in [7, 11) is 0. The maximum Gasteiger partial charge on any atom is 0.304 e. The quantitative estimate of drug-likeness (QED) is 0.680. The third-order valence-electron chi connectivity index (χ3n) is 2.57. The zero-order valence-corrected chi connectivity index (χ0v) is 10.5. The Bertz CT molecular complexity index is 619. The Balaban J connectivity index is 2.11. The van der Waals surface area contributed by atoms with Gasteiger partial charge in [0, 0.05) is 12.6 Å². The van der Waals surface area contributed by atoms with Gasteiger partial charge in [0.1, 0.15) is 0 Å². The number of nitrogens with zero attached hydrogens (tertiary/aromatic N) is 1. The Kier molecular flexibility index (Phi) is 3.97. The predicted molar refractivity (Wildman–Crippen MR) is 71.8 cm³/mol. The molecule has 0 aliphatic heterocycles. The first-order valence-electron chi connectivity index (χ1n) is 5.49. The van der Waals surface area contributed by atoms with Crippen LogP contribution in [0.3, 0.4) is 0 Å². The molecule has 0 bridgehead atoms. The van der Waals surface area contributed by atoms with Gasteiger partial charge in [0.15, 0.2) is 0 Å². The van der Waals surface area contributed by atoms with Gasteiger partial charge in [-0.25, -0.2) is 0 Å². The van der Waals surface area contributed by atoms with Crippen molar-refractivity contribution in [2.24, 2.45) is 0 Å². The van der Waals surface area contributed by atoms with Gasteiger partial charge >= 0.3 is 5.69 Å². The number of nitro benzene ring substituents is 1. The van der Waals surface area contributed by atoms with E-state index in [4.69, 9.17) is 11.6 Å². The van der Waals surface area contributed by atoms with Crippen LogP contribution < -0.4 is 5.32 Å². The molecule has 0 fully saturated rings. The summed E-state index contributed by atoms with van der Waals surface area (Å²) in [6.45, 7) is 0.332. The predicted octanol–water partition coefficient (Wildman–Crippen LogP) is 4.00. The van der Waals surface area contributed by atoms with Crippen molar-refractivity contribution in [2.75, 3.05) is 5.32 Å². The SMILES string of the molecule is O=[N+]([O-])c1ccc(CNc2ccccc2Cl)cc1F. The Morgan fingerprint density at radius 3 is 2.63 bits per heavy atom. The summed E-state index contributed by atoms with van der Waals surface area (Å²) < 4.78 is 13.4. The third-order valence-corrected chi connectivity index (χ3v) is 2.90. The number of halogens is 2. The van der Waals surface area contributed by atoms with Gasteiger partial charge in [-0.15, -0.1) is 0 Å². The summed E-state index contributed by atoms with van der Waals surface area (Å²) in [6, 6.07) is 11.0. The first-order chi connectivity index (χ1) is 9.08. The first-order valence-corrected chi connectivity index (χ1v) is 5.87. The molecule has 0 aromatic heterocycles. The van der Waals surface area contributed by atoms with Gasteiger partial charge in [0.25, 0.3) is 0 Å². The fourth-order valence-electron chi connectivity index (χ4n) is 1.61. The molecule has 0 saturated carbocycles. The van der Waals surface area contributed by atoms with Gasteiger partial charge in [-0.1, -0.05) is 29.8 Å². The minimum absolute atomic E-state index is 0.332. The number of benzene rings is 2. The lowest BCUT2D eigenvalue weighted by Gasteiger charge is -2.08. The molecule has 0 aliphatic rings. The van der Waals surface area contributed by atoms with Crippen LogP contribution in [0.1, 0.15) is 5.56 Å². The summed E-state index contributed by atoms with van der Waals surface area (Å²) in [5, 5.41) is 14.1. The lowest BCUT2D eigenvalue weighted by molar-refractivity contribution is -0.387. The normalized spacial score (nSPS) is 10.2. The molecule has 0 unspecified atom stereocenters. The highest BCUT2D eigenvalue weighted by Crippen LogP contribution is 2.22. The summed E-state index contributed by atoms with van der Waals surface area (Å²) in [5.41, 5.74) is 0.799. The highest BCUT2D eigenvalue weighted by atomic mass is 35.5. The Labute approximate surface area is 114 Å². The van der Waals surface area contributed by atoms with Crippen LogP contribution in [0.2, 0.25) is 5.02 Å². The van der Waals surface area contributed by atoms with Crippen LogP contribution in [0.4, 0.5) is 15.8 Å². The van der Waals surface area contributed by atoms with E-state index >= 15 is 0 Å². The van der Waals surface area contributed by atoms with E-state index in [2.05, 4.69) is 5.32 Å². The van der Waals surface area contributed by atoms with E-state index in [1.807, 2.05) is 6.07 Å². The van der Waals surface area contributed by atoms with E-state index < -0.39 is 16.4 Å². The average molecular weight is 281 g/mol. The van der Waals surface area contributed by atoms with Crippen molar-refractivity contribution in [1.29, 1.82) is 0 Å². The van der Waals surface area contributed by atoms with E-state index in [-0.39, 0.29) is 0 Å². The highest BCUT2D eigenvalue weighted by molar-refractivity contribution is 6.33. The first kappa shape index (κ1) is 13.3. The minimum atomic E-state index is -0.844. The van der Waals surface area contributed by atoms with Gasteiger partial charge < -0.3 is 5.32 Å². The van der Waals surface area contributed by atoms with Crippen molar-refractivity contribution in [3.8, 4) is 0 Å². The molecule has 1 N–H and O–H groups in total. The Morgan fingerprint density at radius 1 is 1.26 bits per heavy atom. The van der Waals surface area contributed by atoms with Gasteiger partial charge in [0.05, 0.1) is 15.6 Å². The molecule has 2 aromatic carbocycles. The van der Waals surface area contributed by atoms with Crippen LogP contribution in [-0.4, -0.2) is 4.92 Å². The molecule has 6 heteroatoms. The lowest BCUT2D eigenvalue weighted by Crippen LogP contribution is -2.01. The summed E-state index contributed by atoms with van der Waals surface area (Å²) in [5.74, 6) is -0.844. The number of para-hydroxylation sites is 1. The van der Waals surface area contributed by atoms with Crippen LogP contribution in [-0.2, 0) is 6.54 Å². The zero-order chi connectivity index (χ0) is 13.8. The molecule has 19 heavy (non-hydrogen) atoms. The number of hydrogen-bond donors (Lipinski definition) is 1. The smallest absolute Gasteiger partial charge is 0.304 e. The van der Waals surface area contributed by atoms with Crippen molar-refractivity contribution >= 4 is 23.0 Å². The van der Waals surface area contributed by atoms with Gasteiger partial charge in [-0.05, 0) is 23.8 Å². The van der Waals surface area contributed by atoms with E-state index in [1.165, 1.54) is 6.07 Å². The minimum Gasteiger partial charge on any atom is -0.380 e. The molecule has 2 rings (SSSR count). The molecule has 0 amide bonds. The molecule has 98 valence electrons. The van der Waals surface area contributed by atoms with Crippen LogP contribution in [0.25, 0.3) is 0 Å². The molecular weight excluding hydrogens is 271 g/mol. The topological polar surface area (TPSA) is 55.2 Å². The second-order valence-electron chi connectivity index (χ2n) is 3.88. The zero-order valence-electron chi connectivity index (χ0n) is 9.77. The summed E-state index contributed by atoms with van der Waals surface area (Å²) >= 11 is 5.96. The van der Waals surface area contributed by atoms with Crippen LogP contribution in [0, 0.1) is 15.9 Å². The molecule has 0 radical (unpaired) electrons. The van der Waals surface area contributed by atoms with Gasteiger partial charge in [-0.3, -0.25) is 10.1 Å². The average Bonchev–Trinajstić information content (AvgIpc) is 2.37. The summed E-state index contributed by atoms with van der Waals surface area (Å²) in [4.78, 5) is 9.74. The van der Waals surface area contributed by atoms with E-state index in [9.17, 15) is 14.5 Å². The molecular formula is C13H10ClFN2O2. The Hall–Kier alpha value is -2.14. The fraction of sp³-hybridized carbons (Fsp3) is 0.0769. The van der Waals surface area contributed by atoms with Gasteiger partial charge in [0.2, 0.25) is 5.82 Å². The Morgan fingerprint density at radius 2 is 2.00 bits per heavy atom. The lowest BCUT2D eigenvalue weighted by atomic mass is 10.2. The second kappa shape index (κ2) is 5.67. The second-order valence-corrected chi connectivity index (χ2v) is 4.28.